The van der Waals surface area contributed by atoms with Crippen molar-refractivity contribution in [3.63, 3.8) is 0 Å². The van der Waals surface area contributed by atoms with Crippen molar-refractivity contribution in [2.75, 3.05) is 5.32 Å². The first-order valence-electron chi connectivity index (χ1n) is 9.21. The number of rotatable bonds is 4. The lowest BCUT2D eigenvalue weighted by atomic mass is 9.78. The fourth-order valence-corrected chi connectivity index (χ4v) is 4.00. The zero-order valence-electron chi connectivity index (χ0n) is 16.0. The van der Waals surface area contributed by atoms with E-state index in [2.05, 4.69) is 10.6 Å². The summed E-state index contributed by atoms with van der Waals surface area (Å²) in [5.41, 5.74) is 0.366. The molecular weight excluding hydrogens is 464 g/mol. The summed E-state index contributed by atoms with van der Waals surface area (Å²) in [6.07, 6.45) is 0. The summed E-state index contributed by atoms with van der Waals surface area (Å²) >= 11 is 12.0. The van der Waals surface area contributed by atoms with Crippen molar-refractivity contribution in [2.24, 2.45) is 0 Å². The minimum Gasteiger partial charge on any atom is -0.423 e. The molecule has 1 aliphatic heterocycles. The molecule has 4 rings (SSSR count). The Morgan fingerprint density at radius 3 is 2.47 bits per heavy atom. The third kappa shape index (κ3) is 4.20. The van der Waals surface area contributed by atoms with Crippen molar-refractivity contribution < 1.29 is 28.4 Å². The Kier molecular flexibility index (Phi) is 5.92. The van der Waals surface area contributed by atoms with Gasteiger partial charge in [-0.1, -0.05) is 23.2 Å². The van der Waals surface area contributed by atoms with E-state index in [1.54, 1.807) is 0 Å². The number of hydrogen-bond donors (Lipinski definition) is 4. The molecule has 1 heterocycles. The molecule has 1 unspecified atom stereocenters. The average Bonchev–Trinajstić information content (AvgIpc) is 3.05. The molecule has 0 aromatic heterocycles. The van der Waals surface area contributed by atoms with Crippen molar-refractivity contribution >= 4 is 53.3 Å². The van der Waals surface area contributed by atoms with Gasteiger partial charge in [0.15, 0.2) is 0 Å². The topological polar surface area (TPSA) is 98.7 Å². The quantitative estimate of drug-likeness (QED) is 0.435. The number of hydrogen-bond acceptors (Lipinski definition) is 4. The first-order valence-corrected chi connectivity index (χ1v) is 9.97. The third-order valence-corrected chi connectivity index (χ3v) is 5.51. The van der Waals surface area contributed by atoms with Crippen LogP contribution in [-0.4, -0.2) is 29.0 Å². The van der Waals surface area contributed by atoms with Crippen LogP contribution in [0.1, 0.15) is 37.9 Å². The van der Waals surface area contributed by atoms with E-state index in [1.165, 1.54) is 24.3 Å². The molecule has 1 aliphatic rings. The van der Waals surface area contributed by atoms with Gasteiger partial charge in [0.25, 0.3) is 11.8 Å². The summed E-state index contributed by atoms with van der Waals surface area (Å²) in [5.74, 6) is -2.66. The molecule has 11 heteroatoms. The Morgan fingerprint density at radius 2 is 1.78 bits per heavy atom. The normalized spacial score (nSPS) is 14.7. The van der Waals surface area contributed by atoms with E-state index in [1.807, 2.05) is 0 Å². The fraction of sp³-hybridized carbons (Fsp3) is 0.0476. The van der Waals surface area contributed by atoms with Crippen LogP contribution in [0.15, 0.2) is 48.5 Å². The molecule has 32 heavy (non-hydrogen) atoms. The summed E-state index contributed by atoms with van der Waals surface area (Å²) < 4.78 is 27.6. The first-order chi connectivity index (χ1) is 15.1. The zero-order valence-corrected chi connectivity index (χ0v) is 17.5. The summed E-state index contributed by atoms with van der Waals surface area (Å²) in [7, 11) is -1.94. The maximum absolute atomic E-state index is 13.9. The molecule has 0 saturated heterocycles. The van der Waals surface area contributed by atoms with Crippen molar-refractivity contribution in [3.05, 3.63) is 92.5 Å². The average molecular weight is 477 g/mol. The van der Waals surface area contributed by atoms with E-state index in [9.17, 15) is 28.4 Å². The Morgan fingerprint density at radius 1 is 1.03 bits per heavy atom. The van der Waals surface area contributed by atoms with Crippen molar-refractivity contribution in [3.8, 4) is 0 Å². The summed E-state index contributed by atoms with van der Waals surface area (Å²) in [5, 5.41) is 24.6. The maximum Gasteiger partial charge on any atom is 0.488 e. The van der Waals surface area contributed by atoms with E-state index < -0.39 is 36.6 Å². The third-order valence-electron chi connectivity index (χ3n) is 4.95. The predicted octanol–water partition coefficient (Wildman–Crippen LogP) is 3.04. The standard InChI is InChI=1S/C21H13BCl2F2N2O4/c23-11-3-9(4-13(26)7-11)20(29)27-17-6-10(22(31)32)5-15-18(17)19(28-21(15)30)14-8-12(25)1-2-16(14)24/h1-8,19,31-32H,(H,27,29)(H,28,30). The SMILES string of the molecule is O=C(Nc1cc(B(O)O)cc2c1C(c1cc(F)ccc1Cl)NC2=O)c1cc(F)cc(Cl)c1. The van der Waals surface area contributed by atoms with E-state index >= 15 is 0 Å². The van der Waals surface area contributed by atoms with Crippen LogP contribution in [0.4, 0.5) is 14.5 Å². The lowest BCUT2D eigenvalue weighted by molar-refractivity contribution is 0.0959. The smallest absolute Gasteiger partial charge is 0.423 e. The second-order valence-electron chi connectivity index (χ2n) is 7.09. The molecule has 1 atom stereocenters. The van der Waals surface area contributed by atoms with Crippen LogP contribution in [0.25, 0.3) is 0 Å². The second-order valence-corrected chi connectivity index (χ2v) is 7.93. The molecule has 3 aromatic carbocycles. The van der Waals surface area contributed by atoms with E-state index in [0.29, 0.717) is 0 Å². The predicted molar refractivity (Wildman–Crippen MR) is 116 cm³/mol. The molecule has 0 spiro atoms. The lowest BCUT2D eigenvalue weighted by Crippen LogP contribution is -2.31. The van der Waals surface area contributed by atoms with Crippen molar-refractivity contribution in [2.45, 2.75) is 6.04 Å². The van der Waals surface area contributed by atoms with Gasteiger partial charge in [-0.25, -0.2) is 8.78 Å². The number of carbonyl (C=O) groups is 2. The molecule has 0 radical (unpaired) electrons. The second kappa shape index (κ2) is 8.52. The van der Waals surface area contributed by atoms with Gasteiger partial charge in [-0.2, -0.15) is 0 Å². The summed E-state index contributed by atoms with van der Waals surface area (Å²) in [6.45, 7) is 0. The number of amides is 2. The number of carbonyl (C=O) groups excluding carboxylic acids is 2. The summed E-state index contributed by atoms with van der Waals surface area (Å²) in [4.78, 5) is 25.4. The molecule has 2 amide bonds. The highest BCUT2D eigenvalue weighted by atomic mass is 35.5. The Balaban J connectivity index is 1.85. The van der Waals surface area contributed by atoms with Crippen LogP contribution in [0.5, 0.6) is 0 Å². The highest BCUT2D eigenvalue weighted by Crippen LogP contribution is 2.39. The van der Waals surface area contributed by atoms with E-state index in [-0.39, 0.29) is 43.4 Å². The summed E-state index contributed by atoms with van der Waals surface area (Å²) in [6, 6.07) is 8.45. The molecule has 0 aliphatic carbocycles. The molecule has 162 valence electrons. The van der Waals surface area contributed by atoms with Crippen LogP contribution in [0, 0.1) is 11.6 Å². The van der Waals surface area contributed by atoms with Gasteiger partial charge in [0.1, 0.15) is 11.6 Å². The van der Waals surface area contributed by atoms with Gasteiger partial charge in [0, 0.05) is 38.0 Å². The number of nitrogens with one attached hydrogen (secondary N) is 2. The molecule has 3 aromatic rings. The van der Waals surface area contributed by atoms with Crippen LogP contribution < -0.4 is 16.1 Å². The largest absolute Gasteiger partial charge is 0.488 e. The fourth-order valence-electron chi connectivity index (χ4n) is 3.56. The van der Waals surface area contributed by atoms with Gasteiger partial charge in [0.05, 0.1) is 6.04 Å². The zero-order chi connectivity index (χ0) is 23.2. The Hall–Kier alpha value is -2.98. The van der Waals surface area contributed by atoms with Gasteiger partial charge >= 0.3 is 7.12 Å². The van der Waals surface area contributed by atoms with Gasteiger partial charge in [-0.3, -0.25) is 9.59 Å². The number of benzene rings is 3. The molecule has 0 fully saturated rings. The van der Waals surface area contributed by atoms with E-state index in [4.69, 9.17) is 23.2 Å². The molecular formula is C21H13BCl2F2N2O4. The number of halogens is 4. The van der Waals surface area contributed by atoms with Crippen LogP contribution in [-0.2, 0) is 0 Å². The molecule has 4 N–H and O–H groups in total. The van der Waals surface area contributed by atoms with Crippen LogP contribution >= 0.6 is 23.2 Å². The van der Waals surface area contributed by atoms with Gasteiger partial charge < -0.3 is 20.7 Å². The van der Waals surface area contributed by atoms with E-state index in [0.717, 1.165) is 24.3 Å². The first kappa shape index (κ1) is 22.2. The monoisotopic (exact) mass is 476 g/mol. The van der Waals surface area contributed by atoms with Crippen molar-refractivity contribution in [1.82, 2.24) is 5.32 Å². The maximum atomic E-state index is 13.9. The van der Waals surface area contributed by atoms with Gasteiger partial charge in [-0.15, -0.1) is 0 Å². The molecule has 0 bridgehead atoms. The van der Waals surface area contributed by atoms with Crippen molar-refractivity contribution in [1.29, 1.82) is 0 Å². The minimum atomic E-state index is -1.94. The number of anilines is 1. The van der Waals surface area contributed by atoms with Crippen LogP contribution in [0.3, 0.4) is 0 Å². The highest BCUT2D eigenvalue weighted by molar-refractivity contribution is 6.59. The van der Waals surface area contributed by atoms with Gasteiger partial charge in [0.2, 0.25) is 0 Å². The van der Waals surface area contributed by atoms with Crippen LogP contribution in [0.2, 0.25) is 10.0 Å². The lowest BCUT2D eigenvalue weighted by Gasteiger charge is -2.19. The molecule has 0 saturated carbocycles. The molecule has 6 nitrogen and oxygen atoms in total. The Labute approximate surface area is 190 Å². The highest BCUT2D eigenvalue weighted by Gasteiger charge is 2.35. The Bertz CT molecular complexity index is 1250. The van der Waals surface area contributed by atoms with Gasteiger partial charge in [-0.05, 0) is 54.0 Å². The minimum absolute atomic E-state index is 0.00109. The number of fused-ring (bicyclic) bond motifs is 1.